The average Bonchev–Trinajstić information content (AvgIpc) is 3.05. The van der Waals surface area contributed by atoms with Crippen LogP contribution in [-0.4, -0.2) is 34.0 Å². The number of carbonyl (C=O) groups is 1. The van der Waals surface area contributed by atoms with E-state index >= 15 is 0 Å². The van der Waals surface area contributed by atoms with Crippen molar-refractivity contribution in [2.45, 2.75) is 24.9 Å². The smallest absolute Gasteiger partial charge is 0.352 e. The van der Waals surface area contributed by atoms with Crippen LogP contribution < -0.4 is 4.72 Å². The van der Waals surface area contributed by atoms with E-state index in [0.29, 0.717) is 12.4 Å². The Bertz CT molecular complexity index is 703. The van der Waals surface area contributed by atoms with Gasteiger partial charge in [0, 0.05) is 25.1 Å². The lowest BCUT2D eigenvalue weighted by molar-refractivity contribution is 0.0685. The lowest BCUT2D eigenvalue weighted by Crippen LogP contribution is -2.23. The van der Waals surface area contributed by atoms with Crippen LogP contribution in [0.25, 0.3) is 0 Å². The Morgan fingerprint density at radius 3 is 2.80 bits per heavy atom. The van der Waals surface area contributed by atoms with Crippen molar-refractivity contribution >= 4 is 16.0 Å². The fraction of sp³-hybridized carbons (Fsp3) is 0.273. The van der Waals surface area contributed by atoms with E-state index in [1.807, 2.05) is 0 Å². The standard InChI is InChI=1S/C11H14N4O4S/c1-2-15-7-8(5-9(15)11(16)17)20(18,19)14-6-10-12-3-4-13-10/h3-5,7,14H,2,6H2,1H3,(H,12,13)(H,16,17). The van der Waals surface area contributed by atoms with E-state index in [9.17, 15) is 13.2 Å². The topological polar surface area (TPSA) is 117 Å². The zero-order valence-corrected chi connectivity index (χ0v) is 11.5. The number of H-pyrrole nitrogens is 1. The first-order chi connectivity index (χ1) is 9.44. The van der Waals surface area contributed by atoms with Gasteiger partial charge in [0.1, 0.15) is 16.4 Å². The number of hydrogen-bond acceptors (Lipinski definition) is 4. The van der Waals surface area contributed by atoms with E-state index in [-0.39, 0.29) is 17.1 Å². The molecule has 3 N–H and O–H groups in total. The number of imidazole rings is 1. The second-order valence-corrected chi connectivity index (χ2v) is 5.78. The van der Waals surface area contributed by atoms with Crippen molar-refractivity contribution in [3.63, 3.8) is 0 Å². The molecule has 0 bridgehead atoms. The van der Waals surface area contributed by atoms with E-state index in [2.05, 4.69) is 14.7 Å². The van der Waals surface area contributed by atoms with Crippen LogP contribution in [-0.2, 0) is 23.1 Å². The summed E-state index contributed by atoms with van der Waals surface area (Å²) in [4.78, 5) is 17.6. The van der Waals surface area contributed by atoms with Crippen LogP contribution in [0.5, 0.6) is 0 Å². The van der Waals surface area contributed by atoms with E-state index in [4.69, 9.17) is 5.11 Å². The highest BCUT2D eigenvalue weighted by Gasteiger charge is 2.20. The molecule has 2 heterocycles. The van der Waals surface area contributed by atoms with Crippen molar-refractivity contribution in [3.05, 3.63) is 36.2 Å². The Hall–Kier alpha value is -2.13. The van der Waals surface area contributed by atoms with Crippen LogP contribution in [0.1, 0.15) is 23.2 Å². The van der Waals surface area contributed by atoms with Gasteiger partial charge in [-0.15, -0.1) is 0 Å². The number of nitrogens with zero attached hydrogens (tertiary/aromatic N) is 2. The largest absolute Gasteiger partial charge is 0.477 e. The number of rotatable bonds is 6. The predicted octanol–water partition coefficient (Wildman–Crippen LogP) is 0.408. The molecule has 0 aromatic carbocycles. The molecule has 0 aliphatic heterocycles. The highest BCUT2D eigenvalue weighted by atomic mass is 32.2. The monoisotopic (exact) mass is 298 g/mol. The molecular formula is C11H14N4O4S. The number of carboxylic acid groups (broad SMARTS) is 1. The number of aromatic carboxylic acids is 1. The van der Waals surface area contributed by atoms with Gasteiger partial charge in [0.05, 0.1) is 6.54 Å². The molecular weight excluding hydrogens is 284 g/mol. The molecule has 108 valence electrons. The molecule has 0 saturated heterocycles. The van der Waals surface area contributed by atoms with Crippen molar-refractivity contribution in [1.82, 2.24) is 19.3 Å². The molecule has 0 atom stereocenters. The fourth-order valence-corrected chi connectivity index (χ4v) is 2.74. The third-order valence-corrected chi connectivity index (χ3v) is 4.09. The summed E-state index contributed by atoms with van der Waals surface area (Å²) >= 11 is 0. The number of aryl methyl sites for hydroxylation is 1. The van der Waals surface area contributed by atoms with Crippen LogP contribution in [0.4, 0.5) is 0 Å². The predicted molar refractivity (Wildman–Crippen MR) is 69.7 cm³/mol. The maximum Gasteiger partial charge on any atom is 0.352 e. The molecule has 0 amide bonds. The van der Waals surface area contributed by atoms with Crippen LogP contribution in [0.15, 0.2) is 29.6 Å². The summed E-state index contributed by atoms with van der Waals surface area (Å²) < 4.78 is 27.9. The highest BCUT2D eigenvalue weighted by Crippen LogP contribution is 2.15. The second kappa shape index (κ2) is 5.47. The van der Waals surface area contributed by atoms with Gasteiger partial charge in [-0.05, 0) is 13.0 Å². The van der Waals surface area contributed by atoms with Gasteiger partial charge in [-0.3, -0.25) is 0 Å². The second-order valence-electron chi connectivity index (χ2n) is 4.01. The zero-order valence-electron chi connectivity index (χ0n) is 10.7. The number of hydrogen-bond donors (Lipinski definition) is 3. The average molecular weight is 298 g/mol. The molecule has 2 aromatic rings. The summed E-state index contributed by atoms with van der Waals surface area (Å²) in [6.07, 6.45) is 4.40. The molecule has 0 fully saturated rings. The normalized spacial score (nSPS) is 11.7. The van der Waals surface area contributed by atoms with Crippen molar-refractivity contribution < 1.29 is 18.3 Å². The SMILES string of the molecule is CCn1cc(S(=O)(=O)NCc2ncc[nH]2)cc1C(=O)O. The lowest BCUT2D eigenvalue weighted by atomic mass is 10.4. The maximum absolute atomic E-state index is 12.1. The zero-order chi connectivity index (χ0) is 14.8. The van der Waals surface area contributed by atoms with Gasteiger partial charge >= 0.3 is 5.97 Å². The van der Waals surface area contributed by atoms with Crippen LogP contribution in [0.3, 0.4) is 0 Å². The van der Waals surface area contributed by atoms with Gasteiger partial charge in [0.2, 0.25) is 10.0 Å². The molecule has 9 heteroatoms. The minimum atomic E-state index is -3.78. The summed E-state index contributed by atoms with van der Waals surface area (Å²) in [6.45, 7) is 2.11. The number of carboxylic acids is 1. The molecule has 2 rings (SSSR count). The van der Waals surface area contributed by atoms with Crippen molar-refractivity contribution in [2.24, 2.45) is 0 Å². The molecule has 20 heavy (non-hydrogen) atoms. The molecule has 8 nitrogen and oxygen atoms in total. The molecule has 2 aromatic heterocycles. The Labute approximate surface area is 115 Å². The quantitative estimate of drug-likeness (QED) is 0.714. The third-order valence-electron chi connectivity index (χ3n) is 2.73. The maximum atomic E-state index is 12.1. The number of nitrogens with one attached hydrogen (secondary N) is 2. The van der Waals surface area contributed by atoms with Crippen LogP contribution >= 0.6 is 0 Å². The van der Waals surface area contributed by atoms with E-state index in [0.717, 1.165) is 6.07 Å². The molecule has 0 spiro atoms. The summed E-state index contributed by atoms with van der Waals surface area (Å²) in [5.41, 5.74) is -0.0640. The first-order valence-corrected chi connectivity index (χ1v) is 7.33. The Kier molecular flexibility index (Phi) is 3.91. The molecule has 0 saturated carbocycles. The Morgan fingerprint density at radius 1 is 1.55 bits per heavy atom. The van der Waals surface area contributed by atoms with E-state index in [1.54, 1.807) is 13.1 Å². The summed E-state index contributed by atoms with van der Waals surface area (Å²) in [6, 6.07) is 1.14. The Morgan fingerprint density at radius 2 is 2.30 bits per heavy atom. The number of aromatic amines is 1. The van der Waals surface area contributed by atoms with Crippen LogP contribution in [0.2, 0.25) is 0 Å². The summed E-state index contributed by atoms with van der Waals surface area (Å²) in [5.74, 6) is -0.693. The van der Waals surface area contributed by atoms with Gasteiger partial charge in [0.25, 0.3) is 0 Å². The van der Waals surface area contributed by atoms with Gasteiger partial charge in [-0.1, -0.05) is 0 Å². The molecule has 0 aliphatic rings. The first-order valence-electron chi connectivity index (χ1n) is 5.85. The molecule has 0 aliphatic carbocycles. The molecule has 0 radical (unpaired) electrons. The number of aromatic nitrogens is 3. The van der Waals surface area contributed by atoms with Crippen LogP contribution in [0, 0.1) is 0 Å². The highest BCUT2D eigenvalue weighted by molar-refractivity contribution is 7.89. The van der Waals surface area contributed by atoms with E-state index in [1.165, 1.54) is 17.0 Å². The van der Waals surface area contributed by atoms with Gasteiger partial charge in [-0.25, -0.2) is 22.9 Å². The minimum absolute atomic E-state index is 0.00897. The molecule has 0 unspecified atom stereocenters. The number of sulfonamides is 1. The third kappa shape index (κ3) is 2.89. The van der Waals surface area contributed by atoms with E-state index < -0.39 is 16.0 Å². The first kappa shape index (κ1) is 14.3. The van der Waals surface area contributed by atoms with Crippen molar-refractivity contribution in [2.75, 3.05) is 0 Å². The van der Waals surface area contributed by atoms with Crippen molar-refractivity contribution in [1.29, 1.82) is 0 Å². The fourth-order valence-electron chi connectivity index (χ4n) is 1.71. The summed E-state index contributed by atoms with van der Waals surface area (Å²) in [5, 5.41) is 9.00. The minimum Gasteiger partial charge on any atom is -0.477 e. The van der Waals surface area contributed by atoms with Crippen molar-refractivity contribution in [3.8, 4) is 0 Å². The Balaban J connectivity index is 2.23. The lowest BCUT2D eigenvalue weighted by Gasteiger charge is -2.02. The summed E-state index contributed by atoms with van der Waals surface area (Å²) in [7, 11) is -3.78. The van der Waals surface area contributed by atoms with Gasteiger partial charge in [-0.2, -0.15) is 0 Å². The van der Waals surface area contributed by atoms with Gasteiger partial charge in [0.15, 0.2) is 0 Å². The van der Waals surface area contributed by atoms with Gasteiger partial charge < -0.3 is 14.7 Å².